The lowest BCUT2D eigenvalue weighted by Crippen LogP contribution is -2.15. The van der Waals surface area contributed by atoms with E-state index in [1.165, 1.54) is 76.2 Å². The molecule has 0 bridgehead atoms. The van der Waals surface area contributed by atoms with Gasteiger partial charge in [-0.15, -0.1) is 0 Å². The van der Waals surface area contributed by atoms with Gasteiger partial charge in [0.25, 0.3) is 0 Å². The number of hydrogen-bond acceptors (Lipinski definition) is 3. The minimum absolute atomic E-state index is 0.797. The monoisotopic (exact) mass is 422 g/mol. The smallest absolute Gasteiger partial charge is 0.159 e. The Hall–Kier alpha value is -1.90. The second-order valence-corrected chi connectivity index (χ2v) is 9.42. The summed E-state index contributed by atoms with van der Waals surface area (Å²) in [5.41, 5.74) is 2.32. The fourth-order valence-electron chi connectivity index (χ4n) is 4.72. The van der Waals surface area contributed by atoms with Crippen LogP contribution < -0.4 is 4.74 Å². The first kappa shape index (κ1) is 23.8. The molecule has 3 rings (SSSR count). The number of unbranched alkanes of at least 4 members (excludes halogenated alkanes) is 4. The number of rotatable bonds is 13. The molecule has 0 amide bonds. The second kappa shape index (κ2) is 13.5. The fraction of sp³-hybridized carbons (Fsp3) is 0.643. The molecule has 3 nitrogen and oxygen atoms in total. The maximum absolute atomic E-state index is 5.84. The number of benzene rings is 1. The van der Waals surface area contributed by atoms with Gasteiger partial charge in [0.15, 0.2) is 5.82 Å². The predicted molar refractivity (Wildman–Crippen MR) is 130 cm³/mol. The van der Waals surface area contributed by atoms with Gasteiger partial charge >= 0.3 is 0 Å². The van der Waals surface area contributed by atoms with Crippen molar-refractivity contribution >= 4 is 0 Å². The molecule has 1 aliphatic carbocycles. The van der Waals surface area contributed by atoms with Crippen LogP contribution in [0.25, 0.3) is 11.4 Å². The Morgan fingerprint density at radius 2 is 1.42 bits per heavy atom. The fourth-order valence-corrected chi connectivity index (χ4v) is 4.72. The summed E-state index contributed by atoms with van der Waals surface area (Å²) < 4.78 is 5.84. The molecule has 1 aliphatic rings. The summed E-state index contributed by atoms with van der Waals surface area (Å²) >= 11 is 0. The highest BCUT2D eigenvalue weighted by molar-refractivity contribution is 5.55. The standard InChI is InChI=1S/C28H42N2O/c1-3-5-7-8-20-31-27-18-16-26(17-19-27)28-29-21-25(22-30-28)15-14-24-12-10-23(11-13-24)9-6-4-2/h16-19,21-24H,3-15,20H2,1-2H3/t23-,24-. The van der Waals surface area contributed by atoms with Crippen LogP contribution in [-0.4, -0.2) is 16.6 Å². The maximum atomic E-state index is 5.84. The van der Waals surface area contributed by atoms with Crippen LogP contribution in [0.3, 0.4) is 0 Å². The molecular formula is C28H42N2O. The van der Waals surface area contributed by atoms with E-state index in [9.17, 15) is 0 Å². The number of hydrogen-bond donors (Lipinski definition) is 0. The van der Waals surface area contributed by atoms with E-state index >= 15 is 0 Å². The van der Waals surface area contributed by atoms with Gasteiger partial charge in [0.2, 0.25) is 0 Å². The highest BCUT2D eigenvalue weighted by Gasteiger charge is 2.20. The first-order valence-corrected chi connectivity index (χ1v) is 12.8. The average Bonchev–Trinajstić information content (AvgIpc) is 2.83. The largest absolute Gasteiger partial charge is 0.494 e. The van der Waals surface area contributed by atoms with E-state index in [-0.39, 0.29) is 0 Å². The van der Waals surface area contributed by atoms with E-state index < -0.39 is 0 Å². The lowest BCUT2D eigenvalue weighted by Gasteiger charge is -2.28. The Kier molecular flexibility index (Phi) is 10.3. The zero-order chi connectivity index (χ0) is 21.7. The number of nitrogens with zero attached hydrogens (tertiary/aromatic N) is 2. The Balaban J connectivity index is 1.40. The number of aromatic nitrogens is 2. The molecule has 3 heteroatoms. The molecule has 0 spiro atoms. The normalized spacial score (nSPS) is 18.8. The summed E-state index contributed by atoms with van der Waals surface area (Å²) in [4.78, 5) is 9.26. The van der Waals surface area contributed by atoms with Gasteiger partial charge in [0, 0.05) is 18.0 Å². The molecule has 170 valence electrons. The van der Waals surface area contributed by atoms with E-state index in [4.69, 9.17) is 4.74 Å². The topological polar surface area (TPSA) is 35.0 Å². The van der Waals surface area contributed by atoms with Gasteiger partial charge < -0.3 is 4.74 Å². The van der Waals surface area contributed by atoms with E-state index in [1.807, 2.05) is 24.5 Å². The van der Waals surface area contributed by atoms with E-state index in [0.29, 0.717) is 0 Å². The maximum Gasteiger partial charge on any atom is 0.159 e. The Morgan fingerprint density at radius 1 is 0.774 bits per heavy atom. The average molecular weight is 423 g/mol. The summed E-state index contributed by atoms with van der Waals surface area (Å²) in [5.74, 6) is 3.62. The van der Waals surface area contributed by atoms with E-state index in [1.54, 1.807) is 0 Å². The van der Waals surface area contributed by atoms with Gasteiger partial charge in [-0.1, -0.05) is 78.1 Å². The summed E-state index contributed by atoms with van der Waals surface area (Å²) in [5, 5.41) is 0. The predicted octanol–water partition coefficient (Wildman–Crippen LogP) is 8.03. The highest BCUT2D eigenvalue weighted by atomic mass is 16.5. The van der Waals surface area contributed by atoms with Crippen LogP contribution in [0.5, 0.6) is 5.75 Å². The van der Waals surface area contributed by atoms with Gasteiger partial charge in [0.1, 0.15) is 5.75 Å². The zero-order valence-electron chi connectivity index (χ0n) is 19.8. The van der Waals surface area contributed by atoms with Crippen molar-refractivity contribution in [1.82, 2.24) is 9.97 Å². The molecule has 2 aromatic rings. The molecule has 0 aliphatic heterocycles. The minimum Gasteiger partial charge on any atom is -0.494 e. The highest BCUT2D eigenvalue weighted by Crippen LogP contribution is 2.34. The third kappa shape index (κ3) is 8.27. The Morgan fingerprint density at radius 3 is 2.06 bits per heavy atom. The molecule has 1 aromatic carbocycles. The van der Waals surface area contributed by atoms with Crippen LogP contribution in [0.4, 0.5) is 0 Å². The molecule has 1 heterocycles. The molecule has 1 saturated carbocycles. The van der Waals surface area contributed by atoms with Crippen LogP contribution in [-0.2, 0) is 6.42 Å². The molecule has 31 heavy (non-hydrogen) atoms. The van der Waals surface area contributed by atoms with Crippen molar-refractivity contribution in [3.05, 3.63) is 42.2 Å². The number of ether oxygens (including phenoxy) is 1. The molecule has 1 aromatic heterocycles. The van der Waals surface area contributed by atoms with Crippen LogP contribution in [0.15, 0.2) is 36.7 Å². The SMILES string of the molecule is CCCCCCOc1ccc(-c2ncc(CC[C@H]3CC[C@H](CCCC)CC3)cn2)cc1. The summed E-state index contributed by atoms with van der Waals surface area (Å²) in [6, 6.07) is 8.19. The minimum atomic E-state index is 0.797. The lowest BCUT2D eigenvalue weighted by molar-refractivity contribution is 0.250. The zero-order valence-corrected chi connectivity index (χ0v) is 19.8. The van der Waals surface area contributed by atoms with Crippen molar-refractivity contribution in [2.45, 2.75) is 97.3 Å². The van der Waals surface area contributed by atoms with Crippen molar-refractivity contribution < 1.29 is 4.74 Å². The number of aryl methyl sites for hydroxylation is 1. The molecule has 0 radical (unpaired) electrons. The van der Waals surface area contributed by atoms with Gasteiger partial charge in [-0.3, -0.25) is 0 Å². The molecule has 0 N–H and O–H groups in total. The van der Waals surface area contributed by atoms with Crippen LogP contribution in [0.1, 0.15) is 96.5 Å². The van der Waals surface area contributed by atoms with E-state index in [0.717, 1.165) is 48.4 Å². The molecule has 0 unspecified atom stereocenters. The first-order chi connectivity index (χ1) is 15.3. The summed E-state index contributed by atoms with van der Waals surface area (Å²) in [6.45, 7) is 5.33. The van der Waals surface area contributed by atoms with Crippen LogP contribution >= 0.6 is 0 Å². The molecular weight excluding hydrogens is 380 g/mol. The van der Waals surface area contributed by atoms with Gasteiger partial charge in [0.05, 0.1) is 6.61 Å². The summed E-state index contributed by atoms with van der Waals surface area (Å²) in [7, 11) is 0. The van der Waals surface area contributed by atoms with Gasteiger partial charge in [-0.05, 0) is 60.9 Å². The molecule has 1 fully saturated rings. The van der Waals surface area contributed by atoms with Gasteiger partial charge in [-0.25, -0.2) is 9.97 Å². The molecule has 0 atom stereocenters. The Bertz CT molecular complexity index is 718. The Labute approximate surface area is 190 Å². The van der Waals surface area contributed by atoms with Crippen molar-refractivity contribution in [2.24, 2.45) is 11.8 Å². The quantitative estimate of drug-likeness (QED) is 0.306. The van der Waals surface area contributed by atoms with Crippen molar-refractivity contribution in [3.8, 4) is 17.1 Å². The third-order valence-electron chi connectivity index (χ3n) is 6.86. The van der Waals surface area contributed by atoms with Crippen molar-refractivity contribution in [2.75, 3.05) is 6.61 Å². The lowest BCUT2D eigenvalue weighted by atomic mass is 9.78. The van der Waals surface area contributed by atoms with Crippen molar-refractivity contribution in [3.63, 3.8) is 0 Å². The summed E-state index contributed by atoms with van der Waals surface area (Å²) in [6.07, 6.45) is 21.3. The third-order valence-corrected chi connectivity index (χ3v) is 6.86. The second-order valence-electron chi connectivity index (χ2n) is 9.42. The van der Waals surface area contributed by atoms with Crippen LogP contribution in [0, 0.1) is 11.8 Å². The molecule has 0 saturated heterocycles. The van der Waals surface area contributed by atoms with Crippen LogP contribution in [0.2, 0.25) is 0 Å². The first-order valence-electron chi connectivity index (χ1n) is 12.8. The van der Waals surface area contributed by atoms with Crippen molar-refractivity contribution in [1.29, 1.82) is 0 Å². The van der Waals surface area contributed by atoms with E-state index in [2.05, 4.69) is 35.9 Å². The van der Waals surface area contributed by atoms with Gasteiger partial charge in [-0.2, -0.15) is 0 Å².